The third-order valence-corrected chi connectivity index (χ3v) is 2.61. The zero-order valence-electron chi connectivity index (χ0n) is 10.3. The van der Waals surface area contributed by atoms with E-state index in [4.69, 9.17) is 0 Å². The lowest BCUT2D eigenvalue weighted by Crippen LogP contribution is -2.25. The molecule has 0 radical (unpaired) electrons. The summed E-state index contributed by atoms with van der Waals surface area (Å²) < 4.78 is 0. The minimum Gasteiger partial charge on any atom is -0.357 e. The number of benzene rings is 1. The van der Waals surface area contributed by atoms with E-state index in [1.807, 2.05) is 36.5 Å². The number of para-hydroxylation sites is 1. The molecule has 2 rings (SSSR count). The van der Waals surface area contributed by atoms with Gasteiger partial charge in [0.05, 0.1) is 6.42 Å². The molecule has 0 unspecified atom stereocenters. The molecule has 0 saturated heterocycles. The van der Waals surface area contributed by atoms with Crippen molar-refractivity contribution in [3.05, 3.63) is 42.2 Å². The van der Waals surface area contributed by atoms with E-state index in [1.54, 1.807) is 4.90 Å². The van der Waals surface area contributed by atoms with Crippen molar-refractivity contribution in [2.45, 2.75) is 20.3 Å². The molecule has 0 atom stereocenters. The zero-order valence-corrected chi connectivity index (χ0v) is 10.3. The molecule has 1 amide bonds. The molecule has 0 fully saturated rings. The Labute approximate surface area is 102 Å². The molecule has 1 aromatic carbocycles. The summed E-state index contributed by atoms with van der Waals surface area (Å²) in [5, 5.41) is 3.27. The highest BCUT2D eigenvalue weighted by molar-refractivity contribution is 5.83. The second-order valence-electron chi connectivity index (χ2n) is 4.76. The number of hydrogen-bond donors (Lipinski definition) is 1. The number of anilines is 1. The Balaban J connectivity index is 2.01. The number of amides is 1. The van der Waals surface area contributed by atoms with Crippen LogP contribution >= 0.6 is 0 Å². The second-order valence-corrected chi connectivity index (χ2v) is 4.76. The fraction of sp³-hybridized carbons (Fsp3) is 0.357. The highest BCUT2D eigenvalue weighted by Crippen LogP contribution is 2.19. The summed E-state index contributed by atoms with van der Waals surface area (Å²) in [5.41, 5.74) is 2.00. The molecule has 0 spiro atoms. The lowest BCUT2D eigenvalue weighted by atomic mass is 10.2. The predicted octanol–water partition coefficient (Wildman–Crippen LogP) is 2.83. The van der Waals surface area contributed by atoms with E-state index in [-0.39, 0.29) is 5.91 Å². The lowest BCUT2D eigenvalue weighted by Gasteiger charge is -2.15. The molecular weight excluding hydrogens is 212 g/mol. The summed E-state index contributed by atoms with van der Waals surface area (Å²) in [5.74, 6) is 0.670. The Morgan fingerprint density at radius 1 is 1.29 bits per heavy atom. The van der Waals surface area contributed by atoms with Crippen LogP contribution in [0, 0.1) is 5.92 Å². The van der Waals surface area contributed by atoms with Gasteiger partial charge in [-0.2, -0.15) is 0 Å². The second kappa shape index (κ2) is 5.04. The number of rotatable bonds is 4. The van der Waals surface area contributed by atoms with Crippen molar-refractivity contribution in [2.24, 2.45) is 5.92 Å². The average Bonchev–Trinajstić information content (AvgIpc) is 2.59. The van der Waals surface area contributed by atoms with E-state index < -0.39 is 0 Å². The zero-order chi connectivity index (χ0) is 12.3. The predicted molar refractivity (Wildman–Crippen MR) is 69.3 cm³/mol. The minimum absolute atomic E-state index is 0.178. The van der Waals surface area contributed by atoms with Crippen LogP contribution in [0.1, 0.15) is 20.3 Å². The molecule has 0 aromatic heterocycles. The van der Waals surface area contributed by atoms with Crippen molar-refractivity contribution >= 4 is 11.6 Å². The maximum atomic E-state index is 11.7. The molecular formula is C14H18N2O. The molecule has 1 N–H and O–H groups in total. The van der Waals surface area contributed by atoms with E-state index in [2.05, 4.69) is 19.2 Å². The highest BCUT2D eigenvalue weighted by atomic mass is 16.2. The molecule has 1 aliphatic heterocycles. The van der Waals surface area contributed by atoms with Crippen LogP contribution in [0.3, 0.4) is 0 Å². The molecule has 0 saturated carbocycles. The van der Waals surface area contributed by atoms with Crippen LogP contribution in [0.4, 0.5) is 5.69 Å². The monoisotopic (exact) mass is 230 g/mol. The molecule has 1 aliphatic rings. The topological polar surface area (TPSA) is 32.3 Å². The van der Waals surface area contributed by atoms with Crippen LogP contribution in [-0.4, -0.2) is 17.4 Å². The number of hydrogen-bond acceptors (Lipinski definition) is 2. The average molecular weight is 230 g/mol. The highest BCUT2D eigenvalue weighted by Gasteiger charge is 2.21. The maximum absolute atomic E-state index is 11.7. The van der Waals surface area contributed by atoms with Gasteiger partial charge >= 0.3 is 0 Å². The Kier molecular flexibility index (Phi) is 3.47. The number of nitrogens with zero attached hydrogens (tertiary/aromatic N) is 1. The van der Waals surface area contributed by atoms with Crippen LogP contribution in [0.25, 0.3) is 0 Å². The third-order valence-electron chi connectivity index (χ3n) is 2.61. The fourth-order valence-electron chi connectivity index (χ4n) is 1.90. The lowest BCUT2D eigenvalue weighted by molar-refractivity contribution is -0.127. The van der Waals surface area contributed by atoms with Gasteiger partial charge in [-0.3, -0.25) is 4.79 Å². The number of carbonyl (C=O) groups is 1. The molecule has 1 aromatic rings. The van der Waals surface area contributed by atoms with Gasteiger partial charge in [-0.1, -0.05) is 32.0 Å². The van der Waals surface area contributed by atoms with Crippen LogP contribution in [0.2, 0.25) is 0 Å². The normalized spacial score (nSPS) is 15.4. The van der Waals surface area contributed by atoms with Crippen molar-refractivity contribution in [1.29, 1.82) is 0 Å². The first-order chi connectivity index (χ1) is 8.15. The minimum atomic E-state index is 0.178. The Morgan fingerprint density at radius 3 is 2.65 bits per heavy atom. The third kappa shape index (κ3) is 3.09. The summed E-state index contributed by atoms with van der Waals surface area (Å²) in [6.07, 6.45) is 2.40. The van der Waals surface area contributed by atoms with Gasteiger partial charge in [-0.05, 0) is 18.1 Å². The standard InChI is InChI=1S/C14H18N2O/c1-11(2)9-16-10-13(8-14(16)17)15-12-6-4-3-5-7-12/h3-7,10-11,15H,8-9H2,1-2H3. The first-order valence-corrected chi connectivity index (χ1v) is 5.97. The molecule has 17 heavy (non-hydrogen) atoms. The van der Waals surface area contributed by atoms with Crippen LogP contribution in [0.5, 0.6) is 0 Å². The molecule has 1 heterocycles. The SMILES string of the molecule is CC(C)CN1C=C(Nc2ccccc2)CC1=O. The first-order valence-electron chi connectivity index (χ1n) is 5.97. The van der Waals surface area contributed by atoms with Crippen LogP contribution in [0.15, 0.2) is 42.2 Å². The van der Waals surface area contributed by atoms with E-state index in [9.17, 15) is 4.79 Å². The Bertz CT molecular complexity index is 423. The van der Waals surface area contributed by atoms with Gasteiger partial charge in [0.15, 0.2) is 0 Å². The summed E-state index contributed by atoms with van der Waals surface area (Å²) >= 11 is 0. The smallest absolute Gasteiger partial charge is 0.232 e. The Hall–Kier alpha value is -1.77. The molecule has 0 bridgehead atoms. The van der Waals surface area contributed by atoms with Gasteiger partial charge in [0.25, 0.3) is 0 Å². The van der Waals surface area contributed by atoms with E-state index in [0.717, 1.165) is 17.9 Å². The van der Waals surface area contributed by atoms with E-state index >= 15 is 0 Å². The van der Waals surface area contributed by atoms with Gasteiger partial charge in [0.1, 0.15) is 0 Å². The summed E-state index contributed by atoms with van der Waals surface area (Å²) in [4.78, 5) is 13.5. The molecule has 3 nitrogen and oxygen atoms in total. The van der Waals surface area contributed by atoms with Gasteiger partial charge < -0.3 is 10.2 Å². The van der Waals surface area contributed by atoms with E-state index in [0.29, 0.717) is 12.3 Å². The molecule has 90 valence electrons. The van der Waals surface area contributed by atoms with Crippen LogP contribution in [-0.2, 0) is 4.79 Å². The van der Waals surface area contributed by atoms with Crippen LogP contribution < -0.4 is 5.32 Å². The summed E-state index contributed by atoms with van der Waals surface area (Å²) in [6, 6.07) is 9.92. The van der Waals surface area contributed by atoms with Crippen molar-refractivity contribution in [2.75, 3.05) is 11.9 Å². The maximum Gasteiger partial charge on any atom is 0.232 e. The van der Waals surface area contributed by atoms with Crippen molar-refractivity contribution in [3.63, 3.8) is 0 Å². The van der Waals surface area contributed by atoms with Gasteiger partial charge in [-0.15, -0.1) is 0 Å². The van der Waals surface area contributed by atoms with Gasteiger partial charge in [-0.25, -0.2) is 0 Å². The largest absolute Gasteiger partial charge is 0.357 e. The number of carbonyl (C=O) groups excluding carboxylic acids is 1. The van der Waals surface area contributed by atoms with Crippen molar-refractivity contribution in [3.8, 4) is 0 Å². The summed E-state index contributed by atoms with van der Waals surface area (Å²) in [6.45, 7) is 5.02. The Morgan fingerprint density at radius 2 is 2.00 bits per heavy atom. The molecule has 0 aliphatic carbocycles. The summed E-state index contributed by atoms with van der Waals surface area (Å²) in [7, 11) is 0. The quantitative estimate of drug-likeness (QED) is 0.862. The molecule has 3 heteroatoms. The first kappa shape index (κ1) is 11.7. The van der Waals surface area contributed by atoms with Gasteiger partial charge in [0.2, 0.25) is 5.91 Å². The van der Waals surface area contributed by atoms with Crippen molar-refractivity contribution in [1.82, 2.24) is 4.90 Å². The fourth-order valence-corrected chi connectivity index (χ4v) is 1.90. The van der Waals surface area contributed by atoms with Gasteiger partial charge in [0, 0.05) is 24.1 Å². The van der Waals surface area contributed by atoms with Crippen molar-refractivity contribution < 1.29 is 4.79 Å². The van der Waals surface area contributed by atoms with E-state index in [1.165, 1.54) is 0 Å². The number of nitrogens with one attached hydrogen (secondary N) is 1.